The van der Waals surface area contributed by atoms with Gasteiger partial charge in [-0.1, -0.05) is 0 Å². The Bertz CT molecular complexity index is 195. The van der Waals surface area contributed by atoms with E-state index in [1.165, 1.54) is 0 Å². The summed E-state index contributed by atoms with van der Waals surface area (Å²) < 4.78 is 4.93. The third-order valence-corrected chi connectivity index (χ3v) is 2.81. The normalized spacial score (nSPS) is 24.1. The maximum Gasteiger partial charge on any atom is 0.306 e. The molecule has 1 saturated heterocycles. The van der Waals surface area contributed by atoms with Crippen molar-refractivity contribution < 1.29 is 9.53 Å². The van der Waals surface area contributed by atoms with E-state index in [0.717, 1.165) is 13.0 Å². The largest absolute Gasteiger partial charge is 0.466 e. The Morgan fingerprint density at radius 1 is 1.57 bits per heavy atom. The number of esters is 1. The van der Waals surface area contributed by atoms with Crippen LogP contribution in [0.1, 0.15) is 33.6 Å². The van der Waals surface area contributed by atoms with Crippen molar-refractivity contribution >= 4 is 18.4 Å². The molecule has 1 unspecified atom stereocenters. The summed E-state index contributed by atoms with van der Waals surface area (Å²) in [5, 5.41) is 3.39. The first kappa shape index (κ1) is 13.7. The first-order valence-corrected chi connectivity index (χ1v) is 4.97. The molecule has 1 N–H and O–H groups in total. The van der Waals surface area contributed by atoms with Gasteiger partial charge in [0.1, 0.15) is 0 Å². The van der Waals surface area contributed by atoms with Crippen molar-refractivity contribution in [3.05, 3.63) is 0 Å². The van der Waals surface area contributed by atoms with Crippen LogP contribution in [0.2, 0.25) is 0 Å². The molecule has 0 aromatic carbocycles. The average molecular weight is 222 g/mol. The second-order valence-corrected chi connectivity index (χ2v) is 4.14. The second-order valence-electron chi connectivity index (χ2n) is 4.14. The standard InChI is InChI=1S/C10H19NO2.ClH/c1-4-13-9(12)7-8-5-6-11-10(8,2)3;/h8,11H,4-7H2,1-3H3;1H. The van der Waals surface area contributed by atoms with Gasteiger partial charge in [0.05, 0.1) is 13.0 Å². The van der Waals surface area contributed by atoms with Crippen LogP contribution < -0.4 is 5.32 Å². The highest BCUT2D eigenvalue weighted by atomic mass is 35.5. The van der Waals surface area contributed by atoms with Crippen molar-refractivity contribution in [3.8, 4) is 0 Å². The minimum atomic E-state index is -0.0655. The van der Waals surface area contributed by atoms with E-state index >= 15 is 0 Å². The van der Waals surface area contributed by atoms with Gasteiger partial charge in [-0.2, -0.15) is 0 Å². The van der Waals surface area contributed by atoms with Gasteiger partial charge >= 0.3 is 5.97 Å². The molecule has 0 radical (unpaired) electrons. The zero-order chi connectivity index (χ0) is 9.90. The van der Waals surface area contributed by atoms with Gasteiger partial charge < -0.3 is 10.1 Å². The average Bonchev–Trinajstić information content (AvgIpc) is 2.31. The molecule has 4 heteroatoms. The molecule has 1 rings (SSSR count). The molecule has 1 aliphatic rings. The fourth-order valence-corrected chi connectivity index (χ4v) is 1.85. The SMILES string of the molecule is CCOC(=O)CC1CCNC1(C)C.Cl. The summed E-state index contributed by atoms with van der Waals surface area (Å²) in [5.74, 6) is 0.357. The number of hydrogen-bond donors (Lipinski definition) is 1. The van der Waals surface area contributed by atoms with Crippen molar-refractivity contribution in [2.24, 2.45) is 5.92 Å². The van der Waals surface area contributed by atoms with Crippen LogP contribution in [-0.2, 0) is 9.53 Å². The van der Waals surface area contributed by atoms with Crippen molar-refractivity contribution in [3.63, 3.8) is 0 Å². The van der Waals surface area contributed by atoms with Crippen molar-refractivity contribution in [1.29, 1.82) is 0 Å². The predicted octanol–water partition coefficient (Wildman–Crippen LogP) is 1.75. The molecule has 0 amide bonds. The third kappa shape index (κ3) is 3.46. The summed E-state index contributed by atoms with van der Waals surface area (Å²) in [6, 6.07) is 0. The minimum absolute atomic E-state index is 0. The molecule has 1 atom stereocenters. The summed E-state index contributed by atoms with van der Waals surface area (Å²) >= 11 is 0. The Morgan fingerprint density at radius 2 is 2.21 bits per heavy atom. The molecule has 0 spiro atoms. The Morgan fingerprint density at radius 3 is 2.64 bits per heavy atom. The van der Waals surface area contributed by atoms with Gasteiger partial charge in [0, 0.05) is 5.54 Å². The number of rotatable bonds is 3. The molecule has 84 valence electrons. The van der Waals surface area contributed by atoms with Crippen molar-refractivity contribution in [1.82, 2.24) is 5.32 Å². The lowest BCUT2D eigenvalue weighted by atomic mass is 9.87. The summed E-state index contributed by atoms with van der Waals surface area (Å²) in [4.78, 5) is 11.2. The number of hydrogen-bond acceptors (Lipinski definition) is 3. The van der Waals surface area contributed by atoms with E-state index in [-0.39, 0.29) is 23.9 Å². The Balaban J connectivity index is 0.00000169. The molecule has 14 heavy (non-hydrogen) atoms. The summed E-state index contributed by atoms with van der Waals surface area (Å²) in [6.07, 6.45) is 1.62. The maximum absolute atomic E-state index is 11.2. The summed E-state index contributed by atoms with van der Waals surface area (Å²) in [6.45, 7) is 7.63. The lowest BCUT2D eigenvalue weighted by Gasteiger charge is -2.26. The van der Waals surface area contributed by atoms with Crippen molar-refractivity contribution in [2.75, 3.05) is 13.2 Å². The van der Waals surface area contributed by atoms with E-state index in [4.69, 9.17) is 4.74 Å². The van der Waals surface area contributed by atoms with Crippen LogP contribution in [0.25, 0.3) is 0 Å². The highest BCUT2D eigenvalue weighted by Crippen LogP contribution is 2.28. The molecule has 0 saturated carbocycles. The molecule has 1 heterocycles. The highest BCUT2D eigenvalue weighted by molar-refractivity contribution is 5.85. The second kappa shape index (κ2) is 5.56. The van der Waals surface area contributed by atoms with E-state index < -0.39 is 0 Å². The molecule has 0 aliphatic carbocycles. The van der Waals surface area contributed by atoms with E-state index in [9.17, 15) is 4.79 Å². The minimum Gasteiger partial charge on any atom is -0.466 e. The lowest BCUT2D eigenvalue weighted by Crippen LogP contribution is -2.39. The molecule has 0 aromatic rings. The molecule has 0 bridgehead atoms. The lowest BCUT2D eigenvalue weighted by molar-refractivity contribution is -0.144. The molecule has 3 nitrogen and oxygen atoms in total. The topological polar surface area (TPSA) is 38.3 Å². The van der Waals surface area contributed by atoms with E-state index in [2.05, 4.69) is 19.2 Å². The van der Waals surface area contributed by atoms with Gasteiger partial charge in [-0.15, -0.1) is 12.4 Å². The third-order valence-electron chi connectivity index (χ3n) is 2.81. The fraction of sp³-hybridized carbons (Fsp3) is 0.900. The van der Waals surface area contributed by atoms with Gasteiger partial charge in [0.2, 0.25) is 0 Å². The van der Waals surface area contributed by atoms with Gasteiger partial charge in [-0.3, -0.25) is 4.79 Å². The first-order valence-electron chi connectivity index (χ1n) is 4.97. The number of halogens is 1. The van der Waals surface area contributed by atoms with Crippen LogP contribution in [-0.4, -0.2) is 24.7 Å². The maximum atomic E-state index is 11.2. The zero-order valence-corrected chi connectivity index (χ0v) is 9.95. The molecular weight excluding hydrogens is 202 g/mol. The smallest absolute Gasteiger partial charge is 0.306 e. The molecule has 1 aliphatic heterocycles. The van der Waals surface area contributed by atoms with Crippen molar-refractivity contribution in [2.45, 2.75) is 39.2 Å². The van der Waals surface area contributed by atoms with Gasteiger partial charge in [-0.25, -0.2) is 0 Å². The Labute approximate surface area is 92.0 Å². The van der Waals surface area contributed by atoms with Crippen LogP contribution in [0.3, 0.4) is 0 Å². The van der Waals surface area contributed by atoms with Gasteiger partial charge in [-0.05, 0) is 39.7 Å². The highest BCUT2D eigenvalue weighted by Gasteiger charge is 2.35. The number of nitrogens with one attached hydrogen (secondary N) is 1. The quantitative estimate of drug-likeness (QED) is 0.738. The van der Waals surface area contributed by atoms with Crippen LogP contribution in [0.4, 0.5) is 0 Å². The predicted molar refractivity (Wildman–Crippen MR) is 58.7 cm³/mol. The van der Waals surface area contributed by atoms with Crippen LogP contribution >= 0.6 is 12.4 Å². The van der Waals surface area contributed by atoms with E-state index in [0.29, 0.717) is 18.9 Å². The number of ether oxygens (including phenoxy) is 1. The monoisotopic (exact) mass is 221 g/mol. The summed E-state index contributed by atoms with van der Waals surface area (Å²) in [7, 11) is 0. The number of carbonyl (C=O) groups is 1. The summed E-state index contributed by atoms with van der Waals surface area (Å²) in [5.41, 5.74) is 0.0900. The van der Waals surface area contributed by atoms with Crippen LogP contribution in [0, 0.1) is 5.92 Å². The Hall–Kier alpha value is -0.280. The van der Waals surface area contributed by atoms with E-state index in [1.807, 2.05) is 6.92 Å². The van der Waals surface area contributed by atoms with Crippen LogP contribution in [0.5, 0.6) is 0 Å². The molecule has 1 fully saturated rings. The van der Waals surface area contributed by atoms with Gasteiger partial charge in [0.15, 0.2) is 0 Å². The Kier molecular flexibility index (Phi) is 5.45. The zero-order valence-electron chi connectivity index (χ0n) is 9.13. The number of carbonyl (C=O) groups excluding carboxylic acids is 1. The van der Waals surface area contributed by atoms with E-state index in [1.54, 1.807) is 0 Å². The fourth-order valence-electron chi connectivity index (χ4n) is 1.85. The molecule has 0 aromatic heterocycles. The van der Waals surface area contributed by atoms with Crippen LogP contribution in [0.15, 0.2) is 0 Å². The molecular formula is C10H20ClNO2. The first-order chi connectivity index (χ1) is 6.06. The van der Waals surface area contributed by atoms with Gasteiger partial charge in [0.25, 0.3) is 0 Å².